The van der Waals surface area contributed by atoms with Crippen molar-refractivity contribution in [2.45, 2.75) is 111 Å². The molecular formula is C64H72B2Ca. The van der Waals surface area contributed by atoms with E-state index in [4.69, 9.17) is 0 Å². The van der Waals surface area contributed by atoms with Crippen LogP contribution >= 0.6 is 0 Å². The van der Waals surface area contributed by atoms with Crippen LogP contribution in [0.2, 0.25) is 0 Å². The van der Waals surface area contributed by atoms with E-state index < -0.39 is 12.3 Å². The summed E-state index contributed by atoms with van der Waals surface area (Å²) in [6, 6.07) is 57.0. The van der Waals surface area contributed by atoms with Crippen LogP contribution in [0.4, 0.5) is 0 Å². The third-order valence-corrected chi connectivity index (χ3v) is 14.0. The van der Waals surface area contributed by atoms with Gasteiger partial charge in [0.15, 0.2) is 0 Å². The molecule has 0 nitrogen and oxygen atoms in total. The molecule has 0 aliphatic heterocycles. The standard InChI is InChI=1S/2C32H36B.Ca/c2*1-21-9-22(2)14-29(13-21)33(30-15-23(3)10-24(4)16-30,31-17-25(5)11-26(6)18-31)32-19-27(7)12-28(8)20-32;/h2*9-20H,1-8H3;/q2*-1;+2. The smallest absolute Gasteiger partial charge is 0.195 e. The fourth-order valence-corrected chi connectivity index (χ4v) is 12.4. The van der Waals surface area contributed by atoms with Crippen LogP contribution in [-0.4, -0.2) is 50.0 Å². The van der Waals surface area contributed by atoms with Crippen LogP contribution in [0, 0.1) is 111 Å². The Balaban J connectivity index is 0.000000218. The second kappa shape index (κ2) is 20.8. The third kappa shape index (κ3) is 11.0. The van der Waals surface area contributed by atoms with E-state index in [2.05, 4.69) is 256 Å². The average molecular weight is 903 g/mol. The average Bonchev–Trinajstić information content (AvgIpc) is 3.16. The normalized spacial score (nSPS) is 11.5. The van der Waals surface area contributed by atoms with Crippen LogP contribution in [0.1, 0.15) is 89.0 Å². The molecule has 67 heavy (non-hydrogen) atoms. The first-order valence-electron chi connectivity index (χ1n) is 24.2. The van der Waals surface area contributed by atoms with Gasteiger partial charge in [-0.15, -0.1) is 0 Å². The van der Waals surface area contributed by atoms with Gasteiger partial charge in [0.05, 0.1) is 0 Å². The fourth-order valence-electron chi connectivity index (χ4n) is 12.4. The summed E-state index contributed by atoms with van der Waals surface area (Å²) in [7, 11) is 0. The Bertz CT molecular complexity index is 2320. The maximum Gasteiger partial charge on any atom is 2.00 e. The monoisotopic (exact) mass is 903 g/mol. The van der Waals surface area contributed by atoms with Crippen molar-refractivity contribution in [3.63, 3.8) is 0 Å². The minimum Gasteiger partial charge on any atom is -0.195 e. The molecule has 0 fully saturated rings. The molecular weight excluding hydrogens is 830 g/mol. The molecule has 0 atom stereocenters. The quantitative estimate of drug-likeness (QED) is 0.133. The zero-order valence-electron chi connectivity index (χ0n) is 43.7. The summed E-state index contributed by atoms with van der Waals surface area (Å²) in [6.45, 7) is 35.6. The molecule has 0 heterocycles. The van der Waals surface area contributed by atoms with Gasteiger partial charge in [-0.25, -0.2) is 0 Å². The first-order chi connectivity index (χ1) is 31.1. The zero-order valence-corrected chi connectivity index (χ0v) is 45.9. The number of hydrogen-bond acceptors (Lipinski definition) is 0. The Morgan fingerprint density at radius 1 is 0.149 bits per heavy atom. The Morgan fingerprint density at radius 2 is 0.224 bits per heavy atom. The minimum atomic E-state index is -1.37. The maximum atomic E-state index is 2.42. The van der Waals surface area contributed by atoms with Gasteiger partial charge < -0.3 is 0 Å². The molecule has 0 amide bonds. The van der Waals surface area contributed by atoms with Crippen molar-refractivity contribution in [2.75, 3.05) is 0 Å². The predicted octanol–water partition coefficient (Wildman–Crippen LogP) is 10.7. The van der Waals surface area contributed by atoms with Crippen molar-refractivity contribution >= 4 is 93.7 Å². The summed E-state index contributed by atoms with van der Waals surface area (Å²) in [5, 5.41) is 0. The molecule has 336 valence electrons. The van der Waals surface area contributed by atoms with E-state index in [0.29, 0.717) is 0 Å². The summed E-state index contributed by atoms with van der Waals surface area (Å²) < 4.78 is 0. The molecule has 0 spiro atoms. The molecule has 0 aromatic heterocycles. The molecule has 0 N–H and O–H groups in total. The maximum absolute atomic E-state index is 2.42. The van der Waals surface area contributed by atoms with E-state index in [1.54, 1.807) is 0 Å². The predicted molar refractivity (Wildman–Crippen MR) is 302 cm³/mol. The van der Waals surface area contributed by atoms with Crippen LogP contribution in [0.25, 0.3) is 0 Å². The molecule has 0 unspecified atom stereocenters. The molecule has 0 aliphatic rings. The fraction of sp³-hybridized carbons (Fsp3) is 0.250. The summed E-state index contributed by atoms with van der Waals surface area (Å²) >= 11 is 0. The van der Waals surface area contributed by atoms with E-state index in [0.717, 1.165) is 0 Å². The van der Waals surface area contributed by atoms with Gasteiger partial charge in [-0.05, 0) is 111 Å². The van der Waals surface area contributed by atoms with E-state index >= 15 is 0 Å². The van der Waals surface area contributed by atoms with Gasteiger partial charge >= 0.3 is 37.7 Å². The van der Waals surface area contributed by atoms with Gasteiger partial charge in [-0.2, -0.15) is 43.7 Å². The summed E-state index contributed by atoms with van der Waals surface area (Å²) in [4.78, 5) is 0. The van der Waals surface area contributed by atoms with Crippen LogP contribution in [0.3, 0.4) is 0 Å². The van der Waals surface area contributed by atoms with Crippen molar-refractivity contribution in [3.05, 3.63) is 235 Å². The SMILES string of the molecule is Cc1cc(C)cc([B-](c2cc(C)cc(C)c2)(c2cc(C)cc(C)c2)c2cc(C)cc(C)c2)c1.Cc1cc(C)cc([B-](c2cc(C)cc(C)c2)(c2cc(C)cc(C)c2)c2cc(C)cc(C)c2)c1.[Ca+2]. The number of benzene rings is 8. The van der Waals surface area contributed by atoms with Crippen molar-refractivity contribution in [1.82, 2.24) is 0 Å². The van der Waals surface area contributed by atoms with E-state index in [1.807, 2.05) is 0 Å². The van der Waals surface area contributed by atoms with Gasteiger partial charge in [0.25, 0.3) is 0 Å². The molecule has 8 aromatic rings. The molecule has 3 heteroatoms. The first kappa shape index (κ1) is 51.5. The van der Waals surface area contributed by atoms with Gasteiger partial charge in [-0.3, -0.25) is 0 Å². The Hall–Kier alpha value is -4.85. The molecule has 0 aliphatic carbocycles. The second-order valence-corrected chi connectivity index (χ2v) is 21.1. The summed E-state index contributed by atoms with van der Waals surface area (Å²) in [5.74, 6) is 0. The minimum absolute atomic E-state index is 0. The first-order valence-corrected chi connectivity index (χ1v) is 24.2. The van der Waals surface area contributed by atoms with Crippen molar-refractivity contribution in [3.8, 4) is 0 Å². The number of rotatable bonds is 8. The van der Waals surface area contributed by atoms with Crippen LogP contribution in [-0.2, 0) is 0 Å². The Kier molecular flexibility index (Phi) is 16.0. The Morgan fingerprint density at radius 3 is 0.299 bits per heavy atom. The van der Waals surface area contributed by atoms with Crippen LogP contribution < -0.4 is 43.7 Å². The van der Waals surface area contributed by atoms with E-state index in [9.17, 15) is 0 Å². The molecule has 0 saturated carbocycles. The van der Waals surface area contributed by atoms with Gasteiger partial charge in [0.2, 0.25) is 0 Å². The van der Waals surface area contributed by atoms with Gasteiger partial charge in [0.1, 0.15) is 12.3 Å². The molecule has 0 saturated heterocycles. The van der Waals surface area contributed by atoms with Crippen molar-refractivity contribution < 1.29 is 0 Å². The summed E-state index contributed by atoms with van der Waals surface area (Å²) in [6.07, 6.45) is -2.74. The Labute approximate surface area is 435 Å². The molecule has 8 rings (SSSR count). The van der Waals surface area contributed by atoms with Gasteiger partial charge in [0, 0.05) is 0 Å². The zero-order chi connectivity index (χ0) is 47.8. The second-order valence-electron chi connectivity index (χ2n) is 21.1. The molecule has 8 aromatic carbocycles. The van der Waals surface area contributed by atoms with Crippen LogP contribution in [0.5, 0.6) is 0 Å². The number of hydrogen-bond donors (Lipinski definition) is 0. The topological polar surface area (TPSA) is 0 Å². The number of aryl methyl sites for hydroxylation is 16. The summed E-state index contributed by atoms with van der Waals surface area (Å²) in [5.41, 5.74) is 32.2. The third-order valence-electron chi connectivity index (χ3n) is 14.0. The van der Waals surface area contributed by atoms with Gasteiger partial charge in [-0.1, -0.05) is 235 Å². The molecule has 0 radical (unpaired) electrons. The van der Waals surface area contributed by atoms with Crippen molar-refractivity contribution in [1.29, 1.82) is 0 Å². The largest absolute Gasteiger partial charge is 2.00 e. The van der Waals surface area contributed by atoms with Crippen LogP contribution in [0.15, 0.2) is 146 Å². The van der Waals surface area contributed by atoms with E-state index in [-0.39, 0.29) is 37.7 Å². The molecule has 0 bridgehead atoms. The van der Waals surface area contributed by atoms with Crippen molar-refractivity contribution in [2.24, 2.45) is 0 Å². The van der Waals surface area contributed by atoms with E-state index in [1.165, 1.54) is 133 Å².